The molecule has 1 aliphatic rings. The number of fused-ring (bicyclic) bond motifs is 1. The molecular weight excluding hydrogens is 330 g/mol. The molecule has 3 rings (SSSR count). The number of hydrogen-bond donors (Lipinski definition) is 1. The van der Waals surface area contributed by atoms with Gasteiger partial charge in [-0.05, 0) is 54.9 Å². The molecule has 0 atom stereocenters. The minimum absolute atomic E-state index is 0.304. The summed E-state index contributed by atoms with van der Waals surface area (Å²) in [7, 11) is -3.60. The highest BCUT2D eigenvalue weighted by Gasteiger charge is 2.19. The predicted octanol–water partition coefficient (Wildman–Crippen LogP) is 3.42. The zero-order valence-corrected chi connectivity index (χ0v) is 15.0. The van der Waals surface area contributed by atoms with Crippen molar-refractivity contribution in [1.29, 1.82) is 0 Å². The molecule has 0 spiro atoms. The van der Waals surface area contributed by atoms with Crippen LogP contribution < -0.4 is 4.72 Å². The highest BCUT2D eigenvalue weighted by molar-refractivity contribution is 7.93. The molecule has 5 nitrogen and oxygen atoms in total. The first kappa shape index (κ1) is 16.4. The Balaban J connectivity index is 1.80. The van der Waals surface area contributed by atoms with Gasteiger partial charge in [0.2, 0.25) is 5.13 Å². The fourth-order valence-electron chi connectivity index (χ4n) is 2.78. The summed E-state index contributed by atoms with van der Waals surface area (Å²) in [6.07, 6.45) is 5.10. The van der Waals surface area contributed by atoms with Crippen molar-refractivity contribution in [1.82, 2.24) is 10.2 Å². The van der Waals surface area contributed by atoms with Crippen LogP contribution in [0.3, 0.4) is 0 Å². The lowest BCUT2D eigenvalue weighted by Crippen LogP contribution is -2.14. The van der Waals surface area contributed by atoms with Gasteiger partial charge in [-0.25, -0.2) is 8.42 Å². The Hall–Kier alpha value is -1.47. The van der Waals surface area contributed by atoms with Gasteiger partial charge in [-0.2, -0.15) is 0 Å². The number of anilines is 1. The van der Waals surface area contributed by atoms with E-state index in [-0.39, 0.29) is 0 Å². The molecule has 0 radical (unpaired) electrons. The molecule has 0 saturated heterocycles. The summed E-state index contributed by atoms with van der Waals surface area (Å²) >= 11 is 1.30. The first-order valence-electron chi connectivity index (χ1n) is 7.91. The molecule has 0 amide bonds. The predicted molar refractivity (Wildman–Crippen MR) is 92.3 cm³/mol. The first-order valence-corrected chi connectivity index (χ1v) is 10.2. The van der Waals surface area contributed by atoms with Crippen molar-refractivity contribution < 1.29 is 8.42 Å². The molecule has 0 unspecified atom stereocenters. The summed E-state index contributed by atoms with van der Waals surface area (Å²) in [5.41, 5.74) is 2.42. The number of aryl methyl sites for hydroxylation is 2. The van der Waals surface area contributed by atoms with Crippen molar-refractivity contribution in [3.63, 3.8) is 0 Å². The minimum Gasteiger partial charge on any atom is -0.253 e. The van der Waals surface area contributed by atoms with Gasteiger partial charge < -0.3 is 0 Å². The smallest absolute Gasteiger partial charge is 0.253 e. The summed E-state index contributed by atoms with van der Waals surface area (Å²) in [6, 6.07) is 5.42. The minimum atomic E-state index is -3.60. The Morgan fingerprint density at radius 1 is 1.17 bits per heavy atom. The lowest BCUT2D eigenvalue weighted by atomic mass is 9.92. The van der Waals surface area contributed by atoms with E-state index >= 15 is 0 Å². The summed E-state index contributed by atoms with van der Waals surface area (Å²) in [6.45, 7) is 4.19. The monoisotopic (exact) mass is 351 g/mol. The number of aromatic nitrogens is 2. The lowest BCUT2D eigenvalue weighted by molar-refractivity contribution is 0.600. The van der Waals surface area contributed by atoms with Crippen molar-refractivity contribution in [3.8, 4) is 0 Å². The molecular formula is C16H21N3O2S2. The van der Waals surface area contributed by atoms with Gasteiger partial charge in [-0.1, -0.05) is 31.3 Å². The molecule has 1 aromatic heterocycles. The van der Waals surface area contributed by atoms with E-state index in [4.69, 9.17) is 0 Å². The van der Waals surface area contributed by atoms with Gasteiger partial charge >= 0.3 is 0 Å². The third-order valence-electron chi connectivity index (χ3n) is 3.90. The van der Waals surface area contributed by atoms with Gasteiger partial charge in [0.1, 0.15) is 5.01 Å². The average molecular weight is 351 g/mol. The van der Waals surface area contributed by atoms with Crippen molar-refractivity contribution in [3.05, 3.63) is 34.3 Å². The second-order valence-electron chi connectivity index (χ2n) is 6.34. The lowest BCUT2D eigenvalue weighted by Gasteiger charge is -2.16. The molecule has 1 heterocycles. The molecule has 124 valence electrons. The van der Waals surface area contributed by atoms with Crippen molar-refractivity contribution >= 4 is 26.5 Å². The molecule has 0 saturated carbocycles. The van der Waals surface area contributed by atoms with Crippen LogP contribution in [0.25, 0.3) is 0 Å². The topological polar surface area (TPSA) is 72.0 Å². The fourth-order valence-corrected chi connectivity index (χ4v) is 5.01. The van der Waals surface area contributed by atoms with E-state index in [0.717, 1.165) is 36.3 Å². The molecule has 1 N–H and O–H groups in total. The maximum Gasteiger partial charge on any atom is 0.263 e. The highest BCUT2D eigenvalue weighted by atomic mass is 32.2. The number of hydrogen-bond acceptors (Lipinski definition) is 5. The Labute approximate surface area is 141 Å². The quantitative estimate of drug-likeness (QED) is 0.896. The van der Waals surface area contributed by atoms with Gasteiger partial charge in [-0.15, -0.1) is 10.2 Å². The number of benzene rings is 1. The van der Waals surface area contributed by atoms with Gasteiger partial charge in [0.15, 0.2) is 0 Å². The van der Waals surface area contributed by atoms with Crippen LogP contribution in [-0.4, -0.2) is 18.6 Å². The van der Waals surface area contributed by atoms with E-state index in [1.807, 2.05) is 6.07 Å². The second kappa shape index (κ2) is 6.57. The zero-order valence-electron chi connectivity index (χ0n) is 13.4. The third kappa shape index (κ3) is 3.90. The second-order valence-corrected chi connectivity index (χ2v) is 9.09. The summed E-state index contributed by atoms with van der Waals surface area (Å²) < 4.78 is 27.6. The summed E-state index contributed by atoms with van der Waals surface area (Å²) in [4.78, 5) is 0.304. The van der Waals surface area contributed by atoms with Crippen LogP contribution in [0.1, 0.15) is 42.8 Å². The normalized spacial score (nSPS) is 14.7. The van der Waals surface area contributed by atoms with Gasteiger partial charge in [0.25, 0.3) is 10.0 Å². The first-order chi connectivity index (χ1) is 10.9. The van der Waals surface area contributed by atoms with E-state index in [2.05, 4.69) is 28.8 Å². The Morgan fingerprint density at radius 3 is 2.65 bits per heavy atom. The molecule has 0 aliphatic heterocycles. The van der Waals surface area contributed by atoms with Crippen molar-refractivity contribution in [2.24, 2.45) is 5.92 Å². The number of nitrogens with one attached hydrogen (secondary N) is 1. The number of rotatable bonds is 5. The van der Waals surface area contributed by atoms with E-state index in [9.17, 15) is 8.42 Å². The van der Waals surface area contributed by atoms with E-state index in [0.29, 0.717) is 15.9 Å². The van der Waals surface area contributed by atoms with Crippen molar-refractivity contribution in [2.75, 3.05) is 4.72 Å². The standard InChI is InChI=1S/C16H21N3O2S2/c1-11(2)9-15-17-18-16(22-15)19-23(20,21)14-8-7-12-5-3-4-6-13(12)10-14/h7-8,10-11H,3-6,9H2,1-2H3,(H,18,19). The maximum atomic E-state index is 12.5. The van der Waals surface area contributed by atoms with Gasteiger partial charge in [0.05, 0.1) is 4.90 Å². The van der Waals surface area contributed by atoms with Crippen LogP contribution in [0.5, 0.6) is 0 Å². The molecule has 23 heavy (non-hydrogen) atoms. The van der Waals surface area contributed by atoms with Crippen LogP contribution >= 0.6 is 11.3 Å². The third-order valence-corrected chi connectivity index (χ3v) is 6.23. The van der Waals surface area contributed by atoms with Crippen LogP contribution in [0.2, 0.25) is 0 Å². The maximum absolute atomic E-state index is 12.5. The fraction of sp³-hybridized carbons (Fsp3) is 0.500. The molecule has 1 aliphatic carbocycles. The highest BCUT2D eigenvalue weighted by Crippen LogP contribution is 2.26. The number of sulfonamides is 1. The molecule has 1 aromatic carbocycles. The largest absolute Gasteiger partial charge is 0.263 e. The molecule has 0 fully saturated rings. The van der Waals surface area contributed by atoms with E-state index in [1.54, 1.807) is 12.1 Å². The van der Waals surface area contributed by atoms with Crippen LogP contribution in [0.15, 0.2) is 23.1 Å². The number of nitrogens with zero attached hydrogens (tertiary/aromatic N) is 2. The van der Waals surface area contributed by atoms with Crippen molar-refractivity contribution in [2.45, 2.75) is 50.8 Å². The summed E-state index contributed by atoms with van der Waals surface area (Å²) in [5.74, 6) is 0.466. The Bertz CT molecular complexity index is 797. The van der Waals surface area contributed by atoms with Crippen LogP contribution in [-0.2, 0) is 29.3 Å². The molecule has 0 bridgehead atoms. The van der Waals surface area contributed by atoms with E-state index in [1.165, 1.54) is 23.3 Å². The van der Waals surface area contributed by atoms with E-state index < -0.39 is 10.0 Å². The zero-order chi connectivity index (χ0) is 16.4. The van der Waals surface area contributed by atoms with Crippen LogP contribution in [0.4, 0.5) is 5.13 Å². The Kier molecular flexibility index (Phi) is 4.68. The average Bonchev–Trinajstić information content (AvgIpc) is 2.92. The molecule has 7 heteroatoms. The van der Waals surface area contributed by atoms with Gasteiger partial charge in [0, 0.05) is 6.42 Å². The van der Waals surface area contributed by atoms with Crippen LogP contribution in [0, 0.1) is 5.92 Å². The van der Waals surface area contributed by atoms with Gasteiger partial charge in [-0.3, -0.25) is 4.72 Å². The molecule has 2 aromatic rings. The SMILES string of the molecule is CC(C)Cc1nnc(NS(=O)(=O)c2ccc3c(c2)CCCC3)s1. The summed E-state index contributed by atoms with van der Waals surface area (Å²) in [5, 5.41) is 9.17. The Morgan fingerprint density at radius 2 is 1.91 bits per heavy atom.